The molecule has 1 aliphatic rings. The van der Waals surface area contributed by atoms with Gasteiger partial charge in [0.1, 0.15) is 6.07 Å². The van der Waals surface area contributed by atoms with E-state index in [1.165, 1.54) is 12.1 Å². The summed E-state index contributed by atoms with van der Waals surface area (Å²) in [5.74, 6) is -1.56. The normalized spacial score (nSPS) is 17.1. The molecule has 0 saturated carbocycles. The number of benzene rings is 1. The Morgan fingerprint density at radius 2 is 2.33 bits per heavy atom. The third-order valence-electron chi connectivity index (χ3n) is 3.46. The van der Waals surface area contributed by atoms with Crippen molar-refractivity contribution in [2.24, 2.45) is 10.8 Å². The van der Waals surface area contributed by atoms with Crippen LogP contribution in [0.1, 0.15) is 23.2 Å². The number of carboxylic acids is 1. The van der Waals surface area contributed by atoms with Crippen LogP contribution < -0.4 is 16.5 Å². The fourth-order valence-corrected chi connectivity index (χ4v) is 2.21. The zero-order valence-electron chi connectivity index (χ0n) is 12.9. The fraction of sp³-hybridized carbons (Fsp3) is 0.333. The third kappa shape index (κ3) is 4.44. The van der Waals surface area contributed by atoms with Gasteiger partial charge < -0.3 is 20.9 Å². The molecule has 1 heterocycles. The summed E-state index contributed by atoms with van der Waals surface area (Å²) in [6.07, 6.45) is 2.08. The number of aromatic carboxylic acids is 1. The molecule has 0 bridgehead atoms. The molecule has 1 aliphatic heterocycles. The van der Waals surface area contributed by atoms with E-state index in [9.17, 15) is 4.79 Å². The van der Waals surface area contributed by atoms with Crippen LogP contribution in [0.5, 0.6) is 0 Å². The van der Waals surface area contributed by atoms with Crippen LogP contribution in [-0.2, 0) is 4.74 Å². The molecule has 0 aromatic heterocycles. The van der Waals surface area contributed by atoms with Gasteiger partial charge in [0.25, 0.3) is 0 Å². The lowest BCUT2D eigenvalue weighted by atomic mass is 10.1. The Labute approximate surface area is 138 Å². The molecule has 0 radical (unpaired) electrons. The number of hydrazone groups is 1. The van der Waals surface area contributed by atoms with E-state index in [1.807, 2.05) is 0 Å². The fourth-order valence-electron chi connectivity index (χ4n) is 2.21. The molecule has 9 heteroatoms. The maximum Gasteiger partial charge on any atom is 0.335 e. The van der Waals surface area contributed by atoms with E-state index in [0.717, 1.165) is 19.4 Å². The lowest BCUT2D eigenvalue weighted by Crippen LogP contribution is -2.22. The minimum Gasteiger partial charge on any atom is -0.478 e. The molecule has 6 N–H and O–H groups in total. The standard InChI is InChI=1S/C15H18N6O3/c16-7-13(14(17)18)21-20-12-6-9(15(22)23)3-4-11(12)19-8-10-2-1-5-24-10/h3-4,6,10,19-20H,1-2,5,8H2,(H3,17,18)(H,22,23)/b21-13+. The van der Waals surface area contributed by atoms with Crippen molar-refractivity contribution in [3.05, 3.63) is 23.8 Å². The highest BCUT2D eigenvalue weighted by molar-refractivity contribution is 6.45. The van der Waals surface area contributed by atoms with Crippen LogP contribution in [0.25, 0.3) is 0 Å². The van der Waals surface area contributed by atoms with Crippen molar-refractivity contribution in [1.82, 2.24) is 0 Å². The van der Waals surface area contributed by atoms with Crippen LogP contribution in [0.2, 0.25) is 0 Å². The van der Waals surface area contributed by atoms with Crippen LogP contribution in [0, 0.1) is 16.7 Å². The van der Waals surface area contributed by atoms with Crippen molar-refractivity contribution in [2.75, 3.05) is 23.9 Å². The second-order valence-electron chi connectivity index (χ2n) is 5.18. The van der Waals surface area contributed by atoms with Crippen molar-refractivity contribution in [3.63, 3.8) is 0 Å². The largest absolute Gasteiger partial charge is 0.478 e. The highest BCUT2D eigenvalue weighted by atomic mass is 16.5. The number of ether oxygens (including phenoxy) is 1. The van der Waals surface area contributed by atoms with Crippen LogP contribution in [0.15, 0.2) is 23.3 Å². The highest BCUT2D eigenvalue weighted by Gasteiger charge is 2.16. The van der Waals surface area contributed by atoms with Gasteiger partial charge in [0.05, 0.1) is 23.0 Å². The molecule has 1 saturated heterocycles. The van der Waals surface area contributed by atoms with Crippen molar-refractivity contribution < 1.29 is 14.6 Å². The van der Waals surface area contributed by atoms with Gasteiger partial charge in [-0.15, -0.1) is 0 Å². The molecule has 126 valence electrons. The van der Waals surface area contributed by atoms with Gasteiger partial charge in [0.15, 0.2) is 5.84 Å². The van der Waals surface area contributed by atoms with E-state index >= 15 is 0 Å². The third-order valence-corrected chi connectivity index (χ3v) is 3.46. The lowest BCUT2D eigenvalue weighted by molar-refractivity contribution is 0.0697. The van der Waals surface area contributed by atoms with Gasteiger partial charge in [-0.3, -0.25) is 10.8 Å². The number of rotatable bonds is 7. The number of nitrogens with zero attached hydrogens (tertiary/aromatic N) is 2. The quantitative estimate of drug-likeness (QED) is 0.285. The number of carboxylic acid groups (broad SMARTS) is 1. The molecule has 0 amide bonds. The van der Waals surface area contributed by atoms with E-state index in [1.54, 1.807) is 12.1 Å². The number of hydrogen-bond acceptors (Lipinski definition) is 7. The number of amidine groups is 1. The maximum absolute atomic E-state index is 11.1. The smallest absolute Gasteiger partial charge is 0.335 e. The molecule has 0 aliphatic carbocycles. The first-order chi connectivity index (χ1) is 11.5. The molecule has 1 aromatic carbocycles. The van der Waals surface area contributed by atoms with E-state index in [0.29, 0.717) is 17.9 Å². The predicted octanol–water partition coefficient (Wildman–Crippen LogP) is 1.20. The zero-order chi connectivity index (χ0) is 17.5. The monoisotopic (exact) mass is 330 g/mol. The first-order valence-corrected chi connectivity index (χ1v) is 7.32. The first kappa shape index (κ1) is 17.2. The second-order valence-corrected chi connectivity index (χ2v) is 5.18. The SMILES string of the molecule is N#C/C(=N\Nc1cc(C(=O)O)ccc1NCC1CCCO1)C(=N)N. The van der Waals surface area contributed by atoms with Crippen LogP contribution >= 0.6 is 0 Å². The average Bonchev–Trinajstić information content (AvgIpc) is 3.07. The summed E-state index contributed by atoms with van der Waals surface area (Å²) in [5.41, 5.74) is 8.58. The summed E-state index contributed by atoms with van der Waals surface area (Å²) in [7, 11) is 0. The molecular formula is C15H18N6O3. The van der Waals surface area contributed by atoms with E-state index < -0.39 is 11.8 Å². The molecule has 9 nitrogen and oxygen atoms in total. The van der Waals surface area contributed by atoms with Crippen LogP contribution in [0.3, 0.4) is 0 Å². The molecule has 1 fully saturated rings. The number of nitrogens with one attached hydrogen (secondary N) is 3. The van der Waals surface area contributed by atoms with Gasteiger partial charge in [-0.1, -0.05) is 0 Å². The Kier molecular flexibility index (Phi) is 5.70. The van der Waals surface area contributed by atoms with Gasteiger partial charge >= 0.3 is 5.97 Å². The maximum atomic E-state index is 11.1. The average molecular weight is 330 g/mol. The Hall–Kier alpha value is -3.12. The summed E-state index contributed by atoms with van der Waals surface area (Å²) < 4.78 is 5.53. The van der Waals surface area contributed by atoms with E-state index in [-0.39, 0.29) is 17.4 Å². The topological polar surface area (TPSA) is 157 Å². The molecule has 1 aromatic rings. The summed E-state index contributed by atoms with van der Waals surface area (Å²) in [6, 6.07) is 6.15. The summed E-state index contributed by atoms with van der Waals surface area (Å²) >= 11 is 0. The minimum absolute atomic E-state index is 0.0664. The number of nitrogens with two attached hydrogens (primary N) is 1. The van der Waals surface area contributed by atoms with Gasteiger partial charge in [-0.25, -0.2) is 4.79 Å². The van der Waals surface area contributed by atoms with E-state index in [2.05, 4.69) is 15.8 Å². The number of hydrogen-bond donors (Lipinski definition) is 5. The minimum atomic E-state index is -1.08. The van der Waals surface area contributed by atoms with Crippen LogP contribution in [0.4, 0.5) is 11.4 Å². The van der Waals surface area contributed by atoms with Gasteiger partial charge in [0.2, 0.25) is 5.71 Å². The zero-order valence-corrected chi connectivity index (χ0v) is 12.9. The molecule has 0 spiro atoms. The molecule has 1 atom stereocenters. The Balaban J connectivity index is 2.20. The Morgan fingerprint density at radius 1 is 1.54 bits per heavy atom. The lowest BCUT2D eigenvalue weighted by Gasteiger charge is -2.15. The number of carbonyl (C=O) groups is 1. The van der Waals surface area contributed by atoms with Crippen LogP contribution in [-0.4, -0.2) is 41.9 Å². The Morgan fingerprint density at radius 3 is 2.92 bits per heavy atom. The summed E-state index contributed by atoms with van der Waals surface area (Å²) in [6.45, 7) is 1.31. The molecule has 2 rings (SSSR count). The molecule has 1 unspecified atom stereocenters. The van der Waals surface area contributed by atoms with Gasteiger partial charge in [0, 0.05) is 13.2 Å². The number of nitriles is 1. The Bertz CT molecular complexity index is 704. The number of anilines is 2. The predicted molar refractivity (Wildman–Crippen MR) is 89.4 cm³/mol. The highest BCUT2D eigenvalue weighted by Crippen LogP contribution is 2.24. The van der Waals surface area contributed by atoms with Crippen molar-refractivity contribution in [3.8, 4) is 6.07 Å². The first-order valence-electron chi connectivity index (χ1n) is 7.32. The van der Waals surface area contributed by atoms with Crippen molar-refractivity contribution >= 4 is 28.9 Å². The second kappa shape index (κ2) is 7.94. The summed E-state index contributed by atoms with van der Waals surface area (Å²) in [5, 5.41) is 32.1. The summed E-state index contributed by atoms with van der Waals surface area (Å²) in [4.78, 5) is 11.1. The van der Waals surface area contributed by atoms with Crippen molar-refractivity contribution in [1.29, 1.82) is 10.7 Å². The van der Waals surface area contributed by atoms with Crippen molar-refractivity contribution in [2.45, 2.75) is 18.9 Å². The van der Waals surface area contributed by atoms with Gasteiger partial charge in [-0.05, 0) is 31.0 Å². The molecular weight excluding hydrogens is 312 g/mol. The van der Waals surface area contributed by atoms with Gasteiger partial charge in [-0.2, -0.15) is 10.4 Å². The van der Waals surface area contributed by atoms with E-state index in [4.69, 9.17) is 26.2 Å². The molecule has 24 heavy (non-hydrogen) atoms.